The maximum absolute atomic E-state index is 11.8. The maximum Gasteiger partial charge on any atom is 0.411 e. The first kappa shape index (κ1) is 17.5. The van der Waals surface area contributed by atoms with E-state index in [1.807, 2.05) is 30.3 Å². The number of benzene rings is 2. The second kappa shape index (κ2) is 7.64. The minimum absolute atomic E-state index is 0.208. The molecule has 0 aliphatic rings. The average molecular weight is 327 g/mol. The monoisotopic (exact) mass is 327 g/mol. The highest BCUT2D eigenvalue weighted by Gasteiger charge is 2.30. The van der Waals surface area contributed by atoms with Crippen LogP contribution < -0.4 is 5.32 Å². The summed E-state index contributed by atoms with van der Waals surface area (Å²) in [5.74, 6) is -0.314. The molecule has 0 bridgehead atoms. The Kier molecular flexibility index (Phi) is 5.58. The Morgan fingerprint density at radius 1 is 1.00 bits per heavy atom. The smallest absolute Gasteiger partial charge is 0.411 e. The van der Waals surface area contributed by atoms with Crippen LogP contribution in [0.25, 0.3) is 0 Å². The minimum atomic E-state index is -0.749. The van der Waals surface area contributed by atoms with Crippen molar-refractivity contribution in [3.05, 3.63) is 65.7 Å². The van der Waals surface area contributed by atoms with Crippen LogP contribution in [0, 0.1) is 0 Å². The Morgan fingerprint density at radius 2 is 1.62 bits per heavy atom. The zero-order chi connectivity index (χ0) is 17.6. The van der Waals surface area contributed by atoms with E-state index in [1.54, 1.807) is 38.1 Å². The van der Waals surface area contributed by atoms with Crippen LogP contribution in [0.4, 0.5) is 10.5 Å². The van der Waals surface area contributed by atoms with E-state index in [0.717, 1.165) is 11.1 Å². The molecule has 1 amide bonds. The predicted octanol–water partition coefficient (Wildman–Crippen LogP) is 3.89. The van der Waals surface area contributed by atoms with Crippen molar-refractivity contribution in [2.24, 2.45) is 0 Å². The topological polar surface area (TPSA) is 64.6 Å². The van der Waals surface area contributed by atoms with Gasteiger partial charge in [-0.3, -0.25) is 10.1 Å². The summed E-state index contributed by atoms with van der Waals surface area (Å²) in [5, 5.41) is 2.66. The molecule has 0 saturated heterocycles. The second-order valence-electron chi connectivity index (χ2n) is 5.88. The van der Waals surface area contributed by atoms with E-state index < -0.39 is 11.5 Å². The molecule has 24 heavy (non-hydrogen) atoms. The molecule has 0 fully saturated rings. The van der Waals surface area contributed by atoms with Crippen molar-refractivity contribution in [2.75, 3.05) is 12.4 Å². The maximum atomic E-state index is 11.8. The van der Waals surface area contributed by atoms with Gasteiger partial charge >= 0.3 is 12.1 Å². The molecule has 2 aromatic carbocycles. The van der Waals surface area contributed by atoms with Crippen LogP contribution in [0.2, 0.25) is 0 Å². The lowest BCUT2D eigenvalue weighted by Gasteiger charge is -2.22. The molecule has 0 radical (unpaired) electrons. The SMILES string of the molecule is COC(=O)C(C)(C)c1ccc(NC(=O)OCc2ccccc2)cc1. The molecule has 5 nitrogen and oxygen atoms in total. The lowest BCUT2D eigenvalue weighted by molar-refractivity contribution is -0.146. The van der Waals surface area contributed by atoms with Gasteiger partial charge in [0.25, 0.3) is 0 Å². The number of carbonyl (C=O) groups is 2. The van der Waals surface area contributed by atoms with Crippen molar-refractivity contribution in [1.29, 1.82) is 0 Å². The summed E-state index contributed by atoms with van der Waals surface area (Å²) >= 11 is 0. The predicted molar refractivity (Wildman–Crippen MR) is 91.7 cm³/mol. The number of hydrogen-bond donors (Lipinski definition) is 1. The average Bonchev–Trinajstić information content (AvgIpc) is 2.60. The summed E-state index contributed by atoms with van der Waals surface area (Å²) in [6, 6.07) is 16.5. The van der Waals surface area contributed by atoms with E-state index in [0.29, 0.717) is 5.69 Å². The van der Waals surface area contributed by atoms with Crippen LogP contribution in [0.15, 0.2) is 54.6 Å². The van der Waals surface area contributed by atoms with Gasteiger partial charge in [-0.25, -0.2) is 4.79 Å². The van der Waals surface area contributed by atoms with Gasteiger partial charge in [-0.05, 0) is 37.1 Å². The van der Waals surface area contributed by atoms with Crippen LogP contribution in [-0.2, 0) is 26.3 Å². The standard InChI is InChI=1S/C19H21NO4/c1-19(2,17(21)23-3)15-9-11-16(12-10-15)20-18(22)24-13-14-7-5-4-6-8-14/h4-12H,13H2,1-3H3,(H,20,22). The molecular formula is C19H21NO4. The minimum Gasteiger partial charge on any atom is -0.468 e. The third kappa shape index (κ3) is 4.35. The van der Waals surface area contributed by atoms with Gasteiger partial charge in [0.15, 0.2) is 0 Å². The molecule has 2 aromatic rings. The van der Waals surface area contributed by atoms with Gasteiger partial charge in [-0.2, -0.15) is 0 Å². The van der Waals surface area contributed by atoms with E-state index in [9.17, 15) is 9.59 Å². The number of nitrogens with one attached hydrogen (secondary N) is 1. The lowest BCUT2D eigenvalue weighted by Crippen LogP contribution is -2.30. The number of methoxy groups -OCH3 is 1. The summed E-state index contributed by atoms with van der Waals surface area (Å²) in [7, 11) is 1.36. The summed E-state index contributed by atoms with van der Waals surface area (Å²) in [6.07, 6.45) is -0.529. The Balaban J connectivity index is 1.94. The van der Waals surface area contributed by atoms with E-state index in [-0.39, 0.29) is 12.6 Å². The van der Waals surface area contributed by atoms with Crippen LogP contribution in [0.3, 0.4) is 0 Å². The zero-order valence-electron chi connectivity index (χ0n) is 14.0. The van der Waals surface area contributed by atoms with Crippen molar-refractivity contribution in [3.8, 4) is 0 Å². The Hall–Kier alpha value is -2.82. The second-order valence-corrected chi connectivity index (χ2v) is 5.88. The molecule has 0 unspecified atom stereocenters. The number of rotatable bonds is 5. The molecule has 126 valence electrons. The molecule has 0 spiro atoms. The fraction of sp³-hybridized carbons (Fsp3) is 0.263. The zero-order valence-corrected chi connectivity index (χ0v) is 14.0. The fourth-order valence-corrected chi connectivity index (χ4v) is 2.22. The highest BCUT2D eigenvalue weighted by molar-refractivity contribution is 5.85. The Labute approximate surface area is 141 Å². The summed E-state index contributed by atoms with van der Waals surface area (Å²) in [4.78, 5) is 23.6. The molecular weight excluding hydrogens is 306 g/mol. The van der Waals surface area contributed by atoms with Gasteiger partial charge in [-0.15, -0.1) is 0 Å². The van der Waals surface area contributed by atoms with Crippen molar-refractivity contribution in [1.82, 2.24) is 0 Å². The molecule has 2 rings (SSSR count). The van der Waals surface area contributed by atoms with Crippen molar-refractivity contribution < 1.29 is 19.1 Å². The molecule has 0 aliphatic heterocycles. The summed E-state index contributed by atoms with van der Waals surface area (Å²) in [5.41, 5.74) is 1.57. The summed E-state index contributed by atoms with van der Waals surface area (Å²) in [6.45, 7) is 3.78. The van der Waals surface area contributed by atoms with E-state index in [1.165, 1.54) is 7.11 Å². The van der Waals surface area contributed by atoms with Gasteiger partial charge in [-0.1, -0.05) is 42.5 Å². The highest BCUT2D eigenvalue weighted by atomic mass is 16.5. The first-order chi connectivity index (χ1) is 11.4. The van der Waals surface area contributed by atoms with Crippen LogP contribution in [0.1, 0.15) is 25.0 Å². The molecule has 0 aliphatic carbocycles. The quantitative estimate of drug-likeness (QED) is 0.846. The van der Waals surface area contributed by atoms with E-state index >= 15 is 0 Å². The first-order valence-corrected chi connectivity index (χ1v) is 7.60. The van der Waals surface area contributed by atoms with Crippen molar-refractivity contribution in [2.45, 2.75) is 25.9 Å². The van der Waals surface area contributed by atoms with E-state index in [4.69, 9.17) is 9.47 Å². The molecule has 1 N–H and O–H groups in total. The largest absolute Gasteiger partial charge is 0.468 e. The number of amides is 1. The van der Waals surface area contributed by atoms with Gasteiger partial charge < -0.3 is 9.47 Å². The number of esters is 1. The first-order valence-electron chi connectivity index (χ1n) is 7.60. The number of ether oxygens (including phenoxy) is 2. The fourth-order valence-electron chi connectivity index (χ4n) is 2.22. The third-order valence-corrected chi connectivity index (χ3v) is 3.76. The molecule has 5 heteroatoms. The molecule has 0 saturated carbocycles. The molecule has 0 atom stereocenters. The van der Waals surface area contributed by atoms with Crippen LogP contribution >= 0.6 is 0 Å². The summed E-state index contributed by atoms with van der Waals surface area (Å²) < 4.78 is 9.97. The number of anilines is 1. The van der Waals surface area contributed by atoms with E-state index in [2.05, 4.69) is 5.32 Å². The van der Waals surface area contributed by atoms with Crippen molar-refractivity contribution in [3.63, 3.8) is 0 Å². The Morgan fingerprint density at radius 3 is 2.21 bits per heavy atom. The van der Waals surface area contributed by atoms with Gasteiger partial charge in [0, 0.05) is 5.69 Å². The normalized spacial score (nSPS) is 10.8. The van der Waals surface area contributed by atoms with Crippen LogP contribution in [-0.4, -0.2) is 19.2 Å². The molecule has 0 aromatic heterocycles. The Bertz CT molecular complexity index is 693. The van der Waals surface area contributed by atoms with Gasteiger partial charge in [0.1, 0.15) is 6.61 Å². The number of hydrogen-bond acceptors (Lipinski definition) is 4. The molecule has 0 heterocycles. The van der Waals surface area contributed by atoms with Crippen LogP contribution in [0.5, 0.6) is 0 Å². The van der Waals surface area contributed by atoms with Gasteiger partial charge in [0.05, 0.1) is 12.5 Å². The highest BCUT2D eigenvalue weighted by Crippen LogP contribution is 2.26. The van der Waals surface area contributed by atoms with Gasteiger partial charge in [0.2, 0.25) is 0 Å². The van der Waals surface area contributed by atoms with Crippen molar-refractivity contribution >= 4 is 17.7 Å². The number of carbonyl (C=O) groups excluding carboxylic acids is 2. The third-order valence-electron chi connectivity index (χ3n) is 3.76. The lowest BCUT2D eigenvalue weighted by atomic mass is 9.85.